The third kappa shape index (κ3) is 2.69. The van der Waals surface area contributed by atoms with Gasteiger partial charge in [-0.2, -0.15) is 0 Å². The first-order valence-electron chi connectivity index (χ1n) is 6.49. The van der Waals surface area contributed by atoms with E-state index in [1.165, 1.54) is 0 Å². The second-order valence-corrected chi connectivity index (χ2v) is 5.12. The van der Waals surface area contributed by atoms with Crippen LogP contribution in [0.4, 0.5) is 11.4 Å². The average molecular weight is 297 g/mol. The zero-order valence-corrected chi connectivity index (χ0v) is 11.9. The molecule has 0 bridgehead atoms. The molecule has 0 aromatic heterocycles. The maximum absolute atomic E-state index is 12.3. The molecule has 0 aliphatic carbocycles. The Bertz CT molecular complexity index is 830. The summed E-state index contributed by atoms with van der Waals surface area (Å²) in [6.07, 6.45) is 0. The summed E-state index contributed by atoms with van der Waals surface area (Å²) in [5, 5.41) is 5.40. The standard InChI is InChI=1S/C17H13ClN2O/c18-15-7-3-6-14(16(15)19)17(21)20-13-9-8-11-4-1-2-5-12(11)10-13/h1-10H,19H2,(H,20,21). The van der Waals surface area contributed by atoms with Crippen molar-refractivity contribution in [2.24, 2.45) is 0 Å². The van der Waals surface area contributed by atoms with E-state index >= 15 is 0 Å². The van der Waals surface area contributed by atoms with E-state index < -0.39 is 0 Å². The van der Waals surface area contributed by atoms with Crippen molar-refractivity contribution < 1.29 is 4.79 Å². The van der Waals surface area contributed by atoms with E-state index in [1.807, 2.05) is 42.5 Å². The average Bonchev–Trinajstić information content (AvgIpc) is 2.50. The quantitative estimate of drug-likeness (QED) is 0.692. The van der Waals surface area contributed by atoms with Crippen molar-refractivity contribution in [1.82, 2.24) is 0 Å². The van der Waals surface area contributed by atoms with Crippen LogP contribution in [-0.4, -0.2) is 5.91 Å². The highest BCUT2D eigenvalue weighted by molar-refractivity contribution is 6.34. The summed E-state index contributed by atoms with van der Waals surface area (Å²) < 4.78 is 0. The second-order valence-electron chi connectivity index (χ2n) is 4.72. The van der Waals surface area contributed by atoms with Crippen LogP contribution in [0.3, 0.4) is 0 Å². The molecule has 21 heavy (non-hydrogen) atoms. The number of amides is 1. The van der Waals surface area contributed by atoms with Gasteiger partial charge in [0.1, 0.15) is 0 Å². The number of benzene rings is 3. The predicted octanol–water partition coefficient (Wildman–Crippen LogP) is 4.33. The van der Waals surface area contributed by atoms with Crippen LogP contribution in [-0.2, 0) is 0 Å². The number of hydrogen-bond acceptors (Lipinski definition) is 2. The molecule has 0 radical (unpaired) electrons. The van der Waals surface area contributed by atoms with Gasteiger partial charge in [0.15, 0.2) is 0 Å². The van der Waals surface area contributed by atoms with Crippen LogP contribution in [0.15, 0.2) is 60.7 Å². The molecule has 0 spiro atoms. The lowest BCUT2D eigenvalue weighted by atomic mass is 10.1. The fourth-order valence-corrected chi connectivity index (χ4v) is 2.38. The van der Waals surface area contributed by atoms with Gasteiger partial charge in [0.25, 0.3) is 5.91 Å². The first-order chi connectivity index (χ1) is 10.1. The van der Waals surface area contributed by atoms with Crippen LogP contribution < -0.4 is 11.1 Å². The summed E-state index contributed by atoms with van der Waals surface area (Å²) in [4.78, 5) is 12.3. The number of hydrogen-bond donors (Lipinski definition) is 2. The molecular weight excluding hydrogens is 284 g/mol. The minimum atomic E-state index is -0.273. The van der Waals surface area contributed by atoms with Gasteiger partial charge in [0.2, 0.25) is 0 Å². The number of halogens is 1. The van der Waals surface area contributed by atoms with Crippen LogP contribution in [0, 0.1) is 0 Å². The summed E-state index contributed by atoms with van der Waals surface area (Å²) >= 11 is 5.93. The van der Waals surface area contributed by atoms with E-state index in [1.54, 1.807) is 18.2 Å². The van der Waals surface area contributed by atoms with Gasteiger partial charge < -0.3 is 11.1 Å². The number of rotatable bonds is 2. The maximum atomic E-state index is 12.3. The summed E-state index contributed by atoms with van der Waals surface area (Å²) in [5.41, 5.74) is 7.22. The highest BCUT2D eigenvalue weighted by Crippen LogP contribution is 2.24. The van der Waals surface area contributed by atoms with Gasteiger partial charge >= 0.3 is 0 Å². The molecular formula is C17H13ClN2O. The minimum absolute atomic E-state index is 0.273. The van der Waals surface area contributed by atoms with Crippen LogP contribution in [0.25, 0.3) is 10.8 Å². The van der Waals surface area contributed by atoms with Gasteiger partial charge in [-0.05, 0) is 35.0 Å². The lowest BCUT2D eigenvalue weighted by molar-refractivity contribution is 0.102. The number of anilines is 2. The first kappa shape index (κ1) is 13.5. The van der Waals surface area contributed by atoms with Crippen molar-refractivity contribution in [2.75, 3.05) is 11.1 Å². The predicted molar refractivity (Wildman–Crippen MR) is 87.8 cm³/mol. The van der Waals surface area contributed by atoms with Gasteiger partial charge in [-0.15, -0.1) is 0 Å². The Labute approximate surface area is 127 Å². The number of nitrogen functional groups attached to an aromatic ring is 1. The second kappa shape index (κ2) is 5.46. The Morgan fingerprint density at radius 3 is 2.52 bits per heavy atom. The summed E-state index contributed by atoms with van der Waals surface area (Å²) in [7, 11) is 0. The van der Waals surface area contributed by atoms with Gasteiger partial charge in [-0.3, -0.25) is 4.79 Å². The Balaban J connectivity index is 1.91. The molecule has 0 heterocycles. The number of nitrogens with one attached hydrogen (secondary N) is 1. The smallest absolute Gasteiger partial charge is 0.257 e. The van der Waals surface area contributed by atoms with Gasteiger partial charge in [0, 0.05) is 5.69 Å². The van der Waals surface area contributed by atoms with E-state index in [2.05, 4.69) is 5.32 Å². The first-order valence-corrected chi connectivity index (χ1v) is 6.87. The van der Waals surface area contributed by atoms with Gasteiger partial charge in [0.05, 0.1) is 16.3 Å². The number of fused-ring (bicyclic) bond motifs is 1. The lowest BCUT2D eigenvalue weighted by Gasteiger charge is -2.09. The minimum Gasteiger partial charge on any atom is -0.397 e. The van der Waals surface area contributed by atoms with E-state index in [-0.39, 0.29) is 11.6 Å². The van der Waals surface area contributed by atoms with E-state index in [9.17, 15) is 4.79 Å². The monoisotopic (exact) mass is 296 g/mol. The maximum Gasteiger partial charge on any atom is 0.257 e. The molecule has 0 saturated carbocycles. The molecule has 4 heteroatoms. The van der Waals surface area contributed by atoms with Crippen LogP contribution >= 0.6 is 11.6 Å². The molecule has 3 nitrogen and oxygen atoms in total. The van der Waals surface area contributed by atoms with Crippen molar-refractivity contribution >= 4 is 39.7 Å². The van der Waals surface area contributed by atoms with Crippen molar-refractivity contribution in [3.05, 3.63) is 71.2 Å². The third-order valence-corrected chi connectivity index (χ3v) is 3.63. The summed E-state index contributed by atoms with van der Waals surface area (Å²) in [6, 6.07) is 18.7. The zero-order valence-electron chi connectivity index (χ0n) is 11.1. The molecule has 104 valence electrons. The molecule has 0 unspecified atom stereocenters. The highest BCUT2D eigenvalue weighted by atomic mass is 35.5. The molecule has 0 aliphatic heterocycles. The fourth-order valence-electron chi connectivity index (χ4n) is 2.20. The van der Waals surface area contributed by atoms with Crippen molar-refractivity contribution in [2.45, 2.75) is 0 Å². The molecule has 0 saturated heterocycles. The zero-order chi connectivity index (χ0) is 14.8. The number of carbonyl (C=O) groups excluding carboxylic acids is 1. The van der Waals surface area contributed by atoms with Crippen LogP contribution in [0.5, 0.6) is 0 Å². The topological polar surface area (TPSA) is 55.1 Å². The van der Waals surface area contributed by atoms with E-state index in [4.69, 9.17) is 17.3 Å². The molecule has 1 amide bonds. The van der Waals surface area contributed by atoms with E-state index in [0.717, 1.165) is 16.5 Å². The van der Waals surface area contributed by atoms with Crippen LogP contribution in [0.2, 0.25) is 5.02 Å². The van der Waals surface area contributed by atoms with Gasteiger partial charge in [-0.1, -0.05) is 48.0 Å². The van der Waals surface area contributed by atoms with E-state index in [0.29, 0.717) is 10.6 Å². The Kier molecular flexibility index (Phi) is 3.50. The molecule has 3 rings (SSSR count). The van der Waals surface area contributed by atoms with Crippen molar-refractivity contribution in [1.29, 1.82) is 0 Å². The largest absolute Gasteiger partial charge is 0.397 e. The third-order valence-electron chi connectivity index (χ3n) is 3.30. The number of nitrogens with two attached hydrogens (primary N) is 1. The van der Waals surface area contributed by atoms with Crippen molar-refractivity contribution in [3.8, 4) is 0 Å². The van der Waals surface area contributed by atoms with Crippen LogP contribution in [0.1, 0.15) is 10.4 Å². The summed E-state index contributed by atoms with van der Waals surface area (Å²) in [5.74, 6) is -0.273. The summed E-state index contributed by atoms with van der Waals surface area (Å²) in [6.45, 7) is 0. The fraction of sp³-hybridized carbons (Fsp3) is 0. The SMILES string of the molecule is Nc1c(Cl)cccc1C(=O)Nc1ccc2ccccc2c1. The Morgan fingerprint density at radius 1 is 0.952 bits per heavy atom. The number of carbonyl (C=O) groups is 1. The lowest BCUT2D eigenvalue weighted by Crippen LogP contribution is -2.14. The Morgan fingerprint density at radius 2 is 1.71 bits per heavy atom. The molecule has 0 atom stereocenters. The molecule has 0 aliphatic rings. The number of para-hydroxylation sites is 1. The van der Waals surface area contributed by atoms with Gasteiger partial charge in [-0.25, -0.2) is 0 Å². The highest BCUT2D eigenvalue weighted by Gasteiger charge is 2.12. The normalized spacial score (nSPS) is 10.5. The molecule has 3 aromatic carbocycles. The molecule has 0 fully saturated rings. The molecule has 3 aromatic rings. The van der Waals surface area contributed by atoms with Crippen molar-refractivity contribution in [3.63, 3.8) is 0 Å². The molecule has 3 N–H and O–H groups in total. The Hall–Kier alpha value is -2.52.